The Morgan fingerprint density at radius 1 is 0.506 bits per heavy atom. The molecule has 0 bridgehead atoms. The first-order chi connectivity index (χ1) is 37.0. The first kappa shape index (κ1) is 58.9. The maximum absolute atomic E-state index is 15.4. The second-order valence-electron chi connectivity index (χ2n) is 27.9. The van der Waals surface area contributed by atoms with Gasteiger partial charge in [-0.2, -0.15) is 13.2 Å². The summed E-state index contributed by atoms with van der Waals surface area (Å²) in [7, 11) is 0. The van der Waals surface area contributed by atoms with Gasteiger partial charge in [0, 0.05) is 65.7 Å². The first-order valence-corrected chi connectivity index (χ1v) is 27.6. The molecule has 0 spiro atoms. The van der Waals surface area contributed by atoms with Crippen LogP contribution in [0.25, 0.3) is 94.8 Å². The molecule has 81 heavy (non-hydrogen) atoms. The van der Waals surface area contributed by atoms with Crippen LogP contribution < -0.4 is 0 Å². The number of phenols is 1. The van der Waals surface area contributed by atoms with E-state index in [0.717, 1.165) is 56.2 Å². The number of aromatic hydroxyl groups is 1. The van der Waals surface area contributed by atoms with Gasteiger partial charge < -0.3 is 13.9 Å². The third kappa shape index (κ3) is 10.8. The normalized spacial score (nSPS) is 13.2. The second-order valence-corrected chi connectivity index (χ2v) is 27.9. The van der Waals surface area contributed by atoms with Crippen LogP contribution in [0.1, 0.15) is 164 Å². The molecule has 6 aromatic carbocycles. The number of rotatable bonds is 6. The number of aromatic nitrogens is 4. The number of fused-ring (bicyclic) bond motifs is 4. The molecule has 0 aliphatic rings. The summed E-state index contributed by atoms with van der Waals surface area (Å²) in [5, 5.41) is 13.8. The van der Waals surface area contributed by atoms with Gasteiger partial charge in [-0.15, -0.1) is 29.3 Å². The molecule has 0 unspecified atom stereocenters. The Kier molecular flexibility index (Phi) is 14.5. The van der Waals surface area contributed by atoms with Crippen LogP contribution >= 0.6 is 0 Å². The van der Waals surface area contributed by atoms with Gasteiger partial charge in [-0.1, -0.05) is 190 Å². The number of oxazole rings is 1. The predicted octanol–water partition coefficient (Wildman–Crippen LogP) is 19.9. The van der Waals surface area contributed by atoms with E-state index in [9.17, 15) is 5.11 Å². The number of halogens is 3. The van der Waals surface area contributed by atoms with Crippen LogP contribution in [0.4, 0.5) is 13.2 Å². The molecule has 0 radical (unpaired) electrons. The first-order valence-electron chi connectivity index (χ1n) is 27.6. The quantitative estimate of drug-likeness (QED) is 0.167. The molecule has 0 saturated heterocycles. The molecule has 10 rings (SSSR count). The van der Waals surface area contributed by atoms with E-state index in [4.69, 9.17) is 23.8 Å². The Hall–Kier alpha value is -6.77. The fourth-order valence-corrected chi connectivity index (χ4v) is 10.6. The summed E-state index contributed by atoms with van der Waals surface area (Å²) < 4.78 is 61.6. The van der Waals surface area contributed by atoms with E-state index in [1.807, 2.05) is 59.7 Å². The number of nitrogens with zero attached hydrogens (tertiary/aromatic N) is 4. The zero-order chi connectivity index (χ0) is 58.2. The van der Waals surface area contributed by atoms with E-state index < -0.39 is 33.4 Å². The Morgan fingerprint density at radius 3 is 1.73 bits per heavy atom. The summed E-state index contributed by atoms with van der Waals surface area (Å²) in [5.74, 6) is 1.41. The van der Waals surface area contributed by atoms with E-state index in [-0.39, 0.29) is 54.5 Å². The molecule has 10 aromatic rings. The third-order valence-corrected chi connectivity index (χ3v) is 15.2. The van der Waals surface area contributed by atoms with Gasteiger partial charge in [0.15, 0.2) is 5.89 Å². The third-order valence-electron chi connectivity index (χ3n) is 15.2. The van der Waals surface area contributed by atoms with Crippen molar-refractivity contribution in [1.82, 2.24) is 19.5 Å². The Labute approximate surface area is 489 Å². The number of hydrogen-bond acceptors (Lipinski definition) is 6. The Bertz CT molecular complexity index is 4060. The Balaban J connectivity index is 0.00000792. The van der Waals surface area contributed by atoms with Gasteiger partial charge in [0.2, 0.25) is 0 Å². The minimum absolute atomic E-state index is 0. The van der Waals surface area contributed by atoms with Crippen LogP contribution in [0, 0.1) is 6.07 Å². The molecule has 0 aliphatic heterocycles. The van der Waals surface area contributed by atoms with Crippen molar-refractivity contribution >= 4 is 33.0 Å². The number of hydrogen-bond donors (Lipinski definition) is 1. The van der Waals surface area contributed by atoms with Crippen molar-refractivity contribution in [3.63, 3.8) is 0 Å². The minimum Gasteiger partial charge on any atom is -0.507 e. The molecule has 4 heterocycles. The fourth-order valence-electron chi connectivity index (χ4n) is 10.6. The van der Waals surface area contributed by atoms with Crippen molar-refractivity contribution in [3.8, 4) is 67.6 Å². The standard InChI is InChI=1S/C70H74F3N4O3.Pt/c1-64(2,3)42-27-30-52(48(36-42)39-23-20-19-21-24-39)77-53-26-22-25-45(56(53)75-62(77)49-37-44(66(7,8)9)38-51(58(49)78)67(10,11)12)40-33-41(35-43(34-40)65(4,5)6)55-60-47(31-32-74-55)46-28-29-50(70(71,72)73)54(59(46)79-60)57-61(68(13,14)15)80-63(76-57)69(16,17)18;/h19-32,34-38,78H,1-18H3;/q-1;. The molecule has 0 saturated carbocycles. The summed E-state index contributed by atoms with van der Waals surface area (Å²) >= 11 is 0. The molecule has 4 aromatic heterocycles. The van der Waals surface area contributed by atoms with Crippen molar-refractivity contribution in [2.45, 2.75) is 163 Å². The monoisotopic (exact) mass is 1270 g/mol. The predicted molar refractivity (Wildman–Crippen MR) is 321 cm³/mol. The molecule has 0 fully saturated rings. The van der Waals surface area contributed by atoms with Crippen LogP contribution in [-0.2, 0) is 59.7 Å². The van der Waals surface area contributed by atoms with Crippen molar-refractivity contribution in [1.29, 1.82) is 0 Å². The topological polar surface area (TPSA) is 90.1 Å². The van der Waals surface area contributed by atoms with Crippen molar-refractivity contribution in [2.75, 3.05) is 0 Å². The summed E-state index contributed by atoms with van der Waals surface area (Å²) in [6, 6.07) is 39.8. The number of benzene rings is 6. The van der Waals surface area contributed by atoms with Crippen LogP contribution in [-0.4, -0.2) is 24.6 Å². The summed E-state index contributed by atoms with van der Waals surface area (Å²) in [5.41, 5.74) is 8.48. The van der Waals surface area contributed by atoms with Crippen LogP contribution in [0.5, 0.6) is 5.75 Å². The van der Waals surface area contributed by atoms with Gasteiger partial charge >= 0.3 is 6.18 Å². The van der Waals surface area contributed by atoms with Gasteiger partial charge in [0.1, 0.15) is 34.2 Å². The SMILES string of the molecule is CC(C)(C)c1cc(-c2cccc3c2nc(-c2cc(C(C)(C)C)cc(C(C)(C)C)c2O)n3-c2ccc(C(C)(C)C)cc2-c2ccccc2)[c-]c(-c2nccc3c2oc2c(-c4nc(C(C)(C)C)oc4C(C)(C)C)c(C(F)(F)F)ccc23)c1.[Pt]. The Morgan fingerprint density at radius 2 is 1.12 bits per heavy atom. The maximum atomic E-state index is 15.4. The molecule has 1 N–H and O–H groups in total. The van der Waals surface area contributed by atoms with Crippen LogP contribution in [0.2, 0.25) is 0 Å². The van der Waals surface area contributed by atoms with Crippen molar-refractivity contribution in [2.24, 2.45) is 0 Å². The van der Waals surface area contributed by atoms with Crippen molar-refractivity contribution in [3.05, 3.63) is 161 Å². The second kappa shape index (κ2) is 20.0. The molecule has 7 nitrogen and oxygen atoms in total. The van der Waals surface area contributed by atoms with Gasteiger partial charge in [-0.25, -0.2) is 9.97 Å². The molecular weight excluding hydrogens is 1200 g/mol. The number of imidazole rings is 1. The smallest absolute Gasteiger partial charge is 0.417 e. The number of alkyl halides is 3. The van der Waals surface area contributed by atoms with Crippen LogP contribution in [0.15, 0.2) is 124 Å². The van der Waals surface area contributed by atoms with E-state index in [2.05, 4.69) is 167 Å². The average molecular weight is 1270 g/mol. The molecule has 0 aliphatic carbocycles. The largest absolute Gasteiger partial charge is 0.507 e. The summed E-state index contributed by atoms with van der Waals surface area (Å²) in [6.07, 6.45) is -3.08. The zero-order valence-corrected chi connectivity index (χ0v) is 52.2. The summed E-state index contributed by atoms with van der Waals surface area (Å²) in [6.45, 7) is 37.5. The number of phenolic OH excluding ortho intramolecular Hbond substituents is 1. The van der Waals surface area contributed by atoms with Gasteiger partial charge in [-0.3, -0.25) is 9.55 Å². The van der Waals surface area contributed by atoms with Crippen molar-refractivity contribution < 1.29 is 48.2 Å². The fraction of sp³-hybridized carbons (Fsp3) is 0.357. The minimum atomic E-state index is -4.75. The molecule has 0 amide bonds. The summed E-state index contributed by atoms with van der Waals surface area (Å²) in [4.78, 5) is 15.5. The average Bonchev–Trinajstić information content (AvgIpc) is 4.32. The van der Waals surface area contributed by atoms with Crippen LogP contribution in [0.3, 0.4) is 0 Å². The molecule has 0 atom stereocenters. The van der Waals surface area contributed by atoms with E-state index in [1.54, 1.807) is 12.3 Å². The van der Waals surface area contributed by atoms with E-state index in [0.29, 0.717) is 56.2 Å². The van der Waals surface area contributed by atoms with E-state index >= 15 is 13.2 Å². The zero-order valence-electron chi connectivity index (χ0n) is 50.0. The number of pyridine rings is 1. The molecule has 11 heteroatoms. The van der Waals surface area contributed by atoms with Gasteiger partial charge in [-0.05, 0) is 80.8 Å². The van der Waals surface area contributed by atoms with Gasteiger partial charge in [0.05, 0.1) is 33.4 Å². The molecular formula is C70H74F3N4O3Pt-. The maximum Gasteiger partial charge on any atom is 0.417 e. The molecule has 424 valence electrons. The number of para-hydroxylation sites is 1. The van der Waals surface area contributed by atoms with E-state index in [1.165, 1.54) is 11.6 Å². The number of furan rings is 1. The van der Waals surface area contributed by atoms with Gasteiger partial charge in [0.25, 0.3) is 0 Å².